The molecule has 2 aromatic rings. The van der Waals surface area contributed by atoms with Gasteiger partial charge in [-0.25, -0.2) is 0 Å². The summed E-state index contributed by atoms with van der Waals surface area (Å²) in [4.78, 5) is 26.8. The van der Waals surface area contributed by atoms with Crippen LogP contribution in [-0.4, -0.2) is 37.2 Å². The van der Waals surface area contributed by atoms with Crippen molar-refractivity contribution in [3.8, 4) is 11.5 Å². The molecule has 3 aliphatic heterocycles. The van der Waals surface area contributed by atoms with Gasteiger partial charge in [-0.2, -0.15) is 0 Å². The lowest BCUT2D eigenvalue weighted by molar-refractivity contribution is -0.118. The maximum Gasteiger partial charge on any atom is 0.247 e. The number of anilines is 2. The predicted octanol–water partition coefficient (Wildman–Crippen LogP) is 2.14. The Labute approximate surface area is 161 Å². The van der Waals surface area contributed by atoms with Gasteiger partial charge in [-0.15, -0.1) is 0 Å². The van der Waals surface area contributed by atoms with Crippen molar-refractivity contribution in [2.24, 2.45) is 0 Å². The Morgan fingerprint density at radius 1 is 1.18 bits per heavy atom. The molecular weight excluding hydrogens is 358 g/mol. The average Bonchev–Trinajstić information content (AvgIpc) is 3.33. The molecule has 0 aliphatic carbocycles. The third-order valence-corrected chi connectivity index (χ3v) is 5.25. The van der Waals surface area contributed by atoms with Crippen LogP contribution in [0.2, 0.25) is 0 Å². The van der Waals surface area contributed by atoms with Gasteiger partial charge in [-0.05, 0) is 42.3 Å². The van der Waals surface area contributed by atoms with Crippen LogP contribution in [0.15, 0.2) is 48.5 Å². The van der Waals surface area contributed by atoms with E-state index in [9.17, 15) is 9.59 Å². The van der Waals surface area contributed by atoms with Crippen molar-refractivity contribution in [1.29, 1.82) is 0 Å². The van der Waals surface area contributed by atoms with Crippen LogP contribution in [0.4, 0.5) is 11.4 Å². The number of nitrogens with one attached hydrogen (secondary N) is 2. The van der Waals surface area contributed by atoms with E-state index >= 15 is 0 Å². The first kappa shape index (κ1) is 16.7. The standard InChI is InChI=1S/C21H19N3O4/c25-20(8-6-13-5-7-18-19(9-13)28-12-27-18)22-14-10-17-21(26)23-15-3-1-2-4-16(15)24(17)11-14/h1-9,14,17H,10-12H2,(H,22,25)(H,23,26). The molecule has 0 radical (unpaired) electrons. The molecule has 0 bridgehead atoms. The summed E-state index contributed by atoms with van der Waals surface area (Å²) in [5.74, 6) is 1.19. The minimum Gasteiger partial charge on any atom is -0.454 e. The van der Waals surface area contributed by atoms with Gasteiger partial charge in [0.2, 0.25) is 18.6 Å². The minimum atomic E-state index is -0.252. The number of nitrogens with zero attached hydrogens (tertiary/aromatic N) is 1. The Kier molecular flexibility index (Phi) is 3.93. The van der Waals surface area contributed by atoms with Crippen LogP contribution < -0.4 is 25.0 Å². The SMILES string of the molecule is O=C(C=Cc1ccc2c(c1)OCO2)NC1CC2C(=O)Nc3ccccc3N2C1. The number of para-hydroxylation sites is 2. The van der Waals surface area contributed by atoms with Gasteiger partial charge in [0.05, 0.1) is 11.4 Å². The van der Waals surface area contributed by atoms with Crippen molar-refractivity contribution in [1.82, 2.24) is 5.32 Å². The second kappa shape index (κ2) is 6.60. The van der Waals surface area contributed by atoms with Crippen molar-refractivity contribution in [2.75, 3.05) is 23.6 Å². The molecule has 2 unspecified atom stereocenters. The fourth-order valence-corrected chi connectivity index (χ4v) is 3.94. The highest BCUT2D eigenvalue weighted by Crippen LogP contribution is 2.36. The fourth-order valence-electron chi connectivity index (χ4n) is 3.94. The number of hydrogen-bond acceptors (Lipinski definition) is 5. The predicted molar refractivity (Wildman–Crippen MR) is 104 cm³/mol. The third-order valence-electron chi connectivity index (χ3n) is 5.25. The Morgan fingerprint density at radius 3 is 2.96 bits per heavy atom. The molecule has 0 aromatic heterocycles. The van der Waals surface area contributed by atoms with Crippen LogP contribution in [0.3, 0.4) is 0 Å². The number of benzene rings is 2. The molecule has 1 saturated heterocycles. The monoisotopic (exact) mass is 377 g/mol. The topological polar surface area (TPSA) is 79.9 Å². The van der Waals surface area contributed by atoms with Gasteiger partial charge in [-0.1, -0.05) is 18.2 Å². The quantitative estimate of drug-likeness (QED) is 0.802. The van der Waals surface area contributed by atoms with Gasteiger partial charge >= 0.3 is 0 Å². The Morgan fingerprint density at radius 2 is 2.04 bits per heavy atom. The van der Waals surface area contributed by atoms with Gasteiger partial charge in [0.25, 0.3) is 0 Å². The highest BCUT2D eigenvalue weighted by Gasteiger charge is 2.41. The Hall–Kier alpha value is -3.48. The summed E-state index contributed by atoms with van der Waals surface area (Å²) in [5, 5.41) is 5.95. The maximum absolute atomic E-state index is 12.4. The largest absolute Gasteiger partial charge is 0.454 e. The first-order valence-corrected chi connectivity index (χ1v) is 9.22. The van der Waals surface area contributed by atoms with E-state index in [1.165, 1.54) is 6.08 Å². The molecule has 2 amide bonds. The molecule has 5 rings (SSSR count). The van der Waals surface area contributed by atoms with Gasteiger partial charge in [0.1, 0.15) is 6.04 Å². The van der Waals surface area contributed by atoms with E-state index in [1.807, 2.05) is 42.5 Å². The average molecular weight is 377 g/mol. The van der Waals surface area contributed by atoms with Crippen LogP contribution >= 0.6 is 0 Å². The molecule has 0 saturated carbocycles. The zero-order chi connectivity index (χ0) is 19.1. The normalized spacial score (nSPS) is 22.0. The number of amides is 2. The molecule has 1 fully saturated rings. The van der Waals surface area contributed by atoms with Crippen molar-refractivity contribution >= 4 is 29.3 Å². The molecule has 142 valence electrons. The van der Waals surface area contributed by atoms with Crippen LogP contribution in [0.1, 0.15) is 12.0 Å². The molecule has 3 heterocycles. The lowest BCUT2D eigenvalue weighted by Crippen LogP contribution is -2.43. The second-order valence-corrected chi connectivity index (χ2v) is 7.06. The van der Waals surface area contributed by atoms with E-state index < -0.39 is 0 Å². The van der Waals surface area contributed by atoms with Crippen LogP contribution in [0, 0.1) is 0 Å². The lowest BCUT2D eigenvalue weighted by atomic mass is 10.1. The summed E-state index contributed by atoms with van der Waals surface area (Å²) >= 11 is 0. The number of rotatable bonds is 3. The summed E-state index contributed by atoms with van der Waals surface area (Å²) in [7, 11) is 0. The summed E-state index contributed by atoms with van der Waals surface area (Å²) in [6.07, 6.45) is 3.83. The first-order chi connectivity index (χ1) is 13.7. The van der Waals surface area contributed by atoms with E-state index in [2.05, 4.69) is 15.5 Å². The molecule has 28 heavy (non-hydrogen) atoms. The van der Waals surface area contributed by atoms with Crippen LogP contribution in [0.25, 0.3) is 6.08 Å². The van der Waals surface area contributed by atoms with Crippen molar-refractivity contribution in [2.45, 2.75) is 18.5 Å². The van der Waals surface area contributed by atoms with E-state index in [0.29, 0.717) is 24.5 Å². The lowest BCUT2D eigenvalue weighted by Gasteiger charge is -2.32. The number of carbonyl (C=O) groups is 2. The number of carbonyl (C=O) groups excluding carboxylic acids is 2. The molecule has 7 nitrogen and oxygen atoms in total. The summed E-state index contributed by atoms with van der Waals surface area (Å²) in [5.41, 5.74) is 2.68. The Bertz CT molecular complexity index is 987. The summed E-state index contributed by atoms with van der Waals surface area (Å²) in [6.45, 7) is 0.831. The highest BCUT2D eigenvalue weighted by atomic mass is 16.7. The van der Waals surface area contributed by atoms with E-state index in [1.54, 1.807) is 6.08 Å². The molecular formula is C21H19N3O4. The molecule has 2 atom stereocenters. The van der Waals surface area contributed by atoms with E-state index in [-0.39, 0.29) is 30.7 Å². The van der Waals surface area contributed by atoms with Gasteiger partial charge in [-0.3, -0.25) is 9.59 Å². The first-order valence-electron chi connectivity index (χ1n) is 9.22. The number of hydrogen-bond donors (Lipinski definition) is 2. The van der Waals surface area contributed by atoms with E-state index in [4.69, 9.17) is 9.47 Å². The maximum atomic E-state index is 12.4. The molecule has 3 aliphatic rings. The molecule has 7 heteroatoms. The number of ether oxygens (including phenoxy) is 2. The van der Waals surface area contributed by atoms with Crippen molar-refractivity contribution < 1.29 is 19.1 Å². The van der Waals surface area contributed by atoms with Crippen molar-refractivity contribution in [3.63, 3.8) is 0 Å². The zero-order valence-electron chi connectivity index (χ0n) is 15.1. The molecule has 0 spiro atoms. The number of fused-ring (bicyclic) bond motifs is 4. The zero-order valence-corrected chi connectivity index (χ0v) is 15.1. The summed E-state index contributed by atoms with van der Waals surface area (Å²) < 4.78 is 10.6. The van der Waals surface area contributed by atoms with Crippen LogP contribution in [-0.2, 0) is 9.59 Å². The fraction of sp³-hybridized carbons (Fsp3) is 0.238. The Balaban J connectivity index is 1.25. The highest BCUT2D eigenvalue weighted by molar-refractivity contribution is 6.04. The minimum absolute atomic E-state index is 0.0219. The summed E-state index contributed by atoms with van der Waals surface area (Å²) in [6, 6.07) is 12.9. The molecule has 2 aromatic carbocycles. The second-order valence-electron chi connectivity index (χ2n) is 7.06. The third kappa shape index (κ3) is 2.94. The van der Waals surface area contributed by atoms with Gasteiger partial charge in [0, 0.05) is 18.7 Å². The smallest absolute Gasteiger partial charge is 0.247 e. The van der Waals surface area contributed by atoms with Gasteiger partial charge < -0.3 is 25.0 Å². The molecule has 2 N–H and O–H groups in total. The van der Waals surface area contributed by atoms with Gasteiger partial charge in [0.15, 0.2) is 11.5 Å². The van der Waals surface area contributed by atoms with Crippen LogP contribution in [0.5, 0.6) is 11.5 Å². The van der Waals surface area contributed by atoms with Crippen molar-refractivity contribution in [3.05, 3.63) is 54.1 Å². The van der Waals surface area contributed by atoms with E-state index in [0.717, 1.165) is 16.9 Å².